The molecular formula is C11H13NO2S2. The van der Waals surface area contributed by atoms with E-state index in [0.29, 0.717) is 0 Å². The molecule has 0 aliphatic heterocycles. The van der Waals surface area contributed by atoms with Crippen molar-refractivity contribution in [2.45, 2.75) is 12.2 Å². The van der Waals surface area contributed by atoms with Crippen LogP contribution in [0.1, 0.15) is 11.0 Å². The fraction of sp³-hybridized carbons (Fsp3) is 0.273. The first kappa shape index (κ1) is 11.8. The first-order valence-corrected chi connectivity index (χ1v) is 6.62. The SMILES string of the molecule is NCC(O)C(O)c1ccc(-c2cccs2)s1. The van der Waals surface area contributed by atoms with Gasteiger partial charge in [-0.05, 0) is 23.6 Å². The third kappa shape index (κ3) is 2.34. The maximum atomic E-state index is 9.78. The Labute approximate surface area is 102 Å². The number of hydrogen-bond donors (Lipinski definition) is 3. The minimum absolute atomic E-state index is 0.0629. The summed E-state index contributed by atoms with van der Waals surface area (Å²) in [6.45, 7) is 0.0629. The standard InChI is InChI=1S/C11H13NO2S2/c12-6-7(13)11(14)10-4-3-9(16-10)8-2-1-5-15-8/h1-5,7,11,13-14H,6,12H2. The van der Waals surface area contributed by atoms with Crippen molar-refractivity contribution in [1.29, 1.82) is 0 Å². The van der Waals surface area contributed by atoms with Gasteiger partial charge in [0.25, 0.3) is 0 Å². The largest absolute Gasteiger partial charge is 0.389 e. The number of hydrogen-bond acceptors (Lipinski definition) is 5. The molecule has 0 saturated carbocycles. The van der Waals surface area contributed by atoms with Crippen LogP contribution in [0.5, 0.6) is 0 Å². The fourth-order valence-corrected chi connectivity index (χ4v) is 3.27. The number of aliphatic hydroxyl groups excluding tert-OH is 2. The zero-order chi connectivity index (χ0) is 11.5. The van der Waals surface area contributed by atoms with E-state index in [1.165, 1.54) is 16.2 Å². The monoisotopic (exact) mass is 255 g/mol. The molecule has 16 heavy (non-hydrogen) atoms. The lowest BCUT2D eigenvalue weighted by molar-refractivity contribution is 0.0265. The Morgan fingerprint density at radius 2 is 2.00 bits per heavy atom. The van der Waals surface area contributed by atoms with Crippen molar-refractivity contribution in [3.05, 3.63) is 34.5 Å². The summed E-state index contributed by atoms with van der Waals surface area (Å²) in [4.78, 5) is 3.03. The Hall–Kier alpha value is -0.720. The van der Waals surface area contributed by atoms with Crippen molar-refractivity contribution >= 4 is 22.7 Å². The van der Waals surface area contributed by atoms with Gasteiger partial charge in [-0.1, -0.05) is 6.07 Å². The summed E-state index contributed by atoms with van der Waals surface area (Å²) in [7, 11) is 0. The van der Waals surface area contributed by atoms with Crippen molar-refractivity contribution < 1.29 is 10.2 Å². The van der Waals surface area contributed by atoms with Gasteiger partial charge in [-0.25, -0.2) is 0 Å². The second-order valence-corrected chi connectivity index (χ2v) is 5.49. The molecule has 0 amide bonds. The summed E-state index contributed by atoms with van der Waals surface area (Å²) < 4.78 is 0. The first-order chi connectivity index (χ1) is 7.72. The number of nitrogens with two attached hydrogens (primary N) is 1. The van der Waals surface area contributed by atoms with E-state index in [1.807, 2.05) is 29.6 Å². The molecule has 0 radical (unpaired) electrons. The zero-order valence-electron chi connectivity index (χ0n) is 8.54. The van der Waals surface area contributed by atoms with Gasteiger partial charge in [0.1, 0.15) is 6.10 Å². The Morgan fingerprint density at radius 3 is 2.62 bits per heavy atom. The Balaban J connectivity index is 2.20. The highest BCUT2D eigenvalue weighted by Gasteiger charge is 2.18. The van der Waals surface area contributed by atoms with Crippen molar-refractivity contribution in [2.24, 2.45) is 5.73 Å². The van der Waals surface area contributed by atoms with Crippen LogP contribution < -0.4 is 5.73 Å². The third-order valence-electron chi connectivity index (χ3n) is 2.29. The third-order valence-corrected chi connectivity index (χ3v) is 4.51. The molecule has 0 aliphatic rings. The highest BCUT2D eigenvalue weighted by atomic mass is 32.1. The molecule has 2 unspecified atom stereocenters. The molecule has 86 valence electrons. The maximum absolute atomic E-state index is 9.78. The van der Waals surface area contributed by atoms with Gasteiger partial charge in [-0.3, -0.25) is 0 Å². The van der Waals surface area contributed by atoms with E-state index in [9.17, 15) is 10.2 Å². The normalized spacial score (nSPS) is 14.9. The Morgan fingerprint density at radius 1 is 1.19 bits per heavy atom. The summed E-state index contributed by atoms with van der Waals surface area (Å²) in [5, 5.41) is 21.3. The van der Waals surface area contributed by atoms with Crippen LogP contribution in [0, 0.1) is 0 Å². The fourth-order valence-electron chi connectivity index (χ4n) is 1.38. The van der Waals surface area contributed by atoms with E-state index in [1.54, 1.807) is 11.3 Å². The minimum atomic E-state index is -0.894. The molecular weight excluding hydrogens is 242 g/mol. The van der Waals surface area contributed by atoms with E-state index >= 15 is 0 Å². The topological polar surface area (TPSA) is 66.5 Å². The van der Waals surface area contributed by atoms with Crippen LogP contribution in [-0.4, -0.2) is 22.9 Å². The number of thiophene rings is 2. The summed E-state index contributed by atoms with van der Waals surface area (Å²) in [5.41, 5.74) is 5.31. The molecule has 5 heteroatoms. The van der Waals surface area contributed by atoms with Crippen LogP contribution in [0.4, 0.5) is 0 Å². The van der Waals surface area contributed by atoms with Crippen LogP contribution in [-0.2, 0) is 0 Å². The van der Waals surface area contributed by atoms with Crippen molar-refractivity contribution in [3.63, 3.8) is 0 Å². The van der Waals surface area contributed by atoms with Gasteiger partial charge in [0.2, 0.25) is 0 Å². The lowest BCUT2D eigenvalue weighted by Gasteiger charge is -2.13. The zero-order valence-corrected chi connectivity index (χ0v) is 10.2. The molecule has 2 aromatic rings. The van der Waals surface area contributed by atoms with Gasteiger partial charge in [-0.15, -0.1) is 22.7 Å². The highest BCUT2D eigenvalue weighted by Crippen LogP contribution is 2.34. The average molecular weight is 255 g/mol. The van der Waals surface area contributed by atoms with Gasteiger partial charge < -0.3 is 15.9 Å². The molecule has 2 atom stereocenters. The van der Waals surface area contributed by atoms with Crippen LogP contribution in [0.25, 0.3) is 9.75 Å². The Bertz CT molecular complexity index is 439. The Kier molecular flexibility index (Phi) is 3.73. The van der Waals surface area contributed by atoms with Crippen LogP contribution >= 0.6 is 22.7 Å². The van der Waals surface area contributed by atoms with Crippen molar-refractivity contribution in [2.75, 3.05) is 6.54 Å². The van der Waals surface area contributed by atoms with Crippen LogP contribution in [0.2, 0.25) is 0 Å². The smallest absolute Gasteiger partial charge is 0.115 e. The van der Waals surface area contributed by atoms with E-state index < -0.39 is 12.2 Å². The van der Waals surface area contributed by atoms with E-state index in [-0.39, 0.29) is 6.54 Å². The average Bonchev–Trinajstić information content (AvgIpc) is 2.96. The maximum Gasteiger partial charge on any atom is 0.115 e. The lowest BCUT2D eigenvalue weighted by Crippen LogP contribution is -2.26. The molecule has 0 bridgehead atoms. The van der Waals surface area contributed by atoms with Gasteiger partial charge in [0.05, 0.1) is 6.10 Å². The molecule has 0 aliphatic carbocycles. The van der Waals surface area contributed by atoms with E-state index in [2.05, 4.69) is 0 Å². The molecule has 0 saturated heterocycles. The minimum Gasteiger partial charge on any atom is -0.389 e. The number of aliphatic hydroxyl groups is 2. The van der Waals surface area contributed by atoms with Crippen LogP contribution in [0.3, 0.4) is 0 Å². The summed E-state index contributed by atoms with van der Waals surface area (Å²) >= 11 is 3.14. The summed E-state index contributed by atoms with van der Waals surface area (Å²) in [5.74, 6) is 0. The predicted octanol–water partition coefficient (Wildman–Crippen LogP) is 1.83. The van der Waals surface area contributed by atoms with Crippen molar-refractivity contribution in [3.8, 4) is 9.75 Å². The molecule has 0 fully saturated rings. The molecule has 2 aromatic heterocycles. The molecule has 0 aromatic carbocycles. The van der Waals surface area contributed by atoms with Gasteiger partial charge >= 0.3 is 0 Å². The molecule has 4 N–H and O–H groups in total. The molecule has 3 nitrogen and oxygen atoms in total. The molecule has 2 rings (SSSR count). The van der Waals surface area contributed by atoms with E-state index in [0.717, 1.165) is 9.75 Å². The van der Waals surface area contributed by atoms with E-state index in [4.69, 9.17) is 5.73 Å². The van der Waals surface area contributed by atoms with Crippen LogP contribution in [0.15, 0.2) is 29.6 Å². The second-order valence-electron chi connectivity index (χ2n) is 3.43. The van der Waals surface area contributed by atoms with Gasteiger partial charge in [0.15, 0.2) is 0 Å². The van der Waals surface area contributed by atoms with Gasteiger partial charge in [0, 0.05) is 21.2 Å². The first-order valence-electron chi connectivity index (χ1n) is 4.92. The predicted molar refractivity (Wildman–Crippen MR) is 67.7 cm³/mol. The lowest BCUT2D eigenvalue weighted by atomic mass is 10.2. The summed E-state index contributed by atoms with van der Waals surface area (Å²) in [6.07, 6.45) is -1.78. The highest BCUT2D eigenvalue weighted by molar-refractivity contribution is 7.21. The number of rotatable bonds is 4. The van der Waals surface area contributed by atoms with Gasteiger partial charge in [-0.2, -0.15) is 0 Å². The second kappa shape index (κ2) is 5.07. The summed E-state index contributed by atoms with van der Waals surface area (Å²) in [6, 6.07) is 7.82. The quantitative estimate of drug-likeness (QED) is 0.781. The molecule has 0 spiro atoms. The van der Waals surface area contributed by atoms with Crippen molar-refractivity contribution in [1.82, 2.24) is 0 Å². The molecule has 2 heterocycles.